The van der Waals surface area contributed by atoms with Crippen LogP contribution in [0.3, 0.4) is 0 Å². The molecular formula is C99H40. The van der Waals surface area contributed by atoms with E-state index in [2.05, 4.69) is 0 Å². The minimum absolute atomic E-state index is 1.12. The first-order valence-corrected chi connectivity index (χ1v) is 49.3. The maximum Gasteiger partial charge on any atom is -0.000000411 e. The van der Waals surface area contributed by atoms with Gasteiger partial charge in [0.1, 0.15) is 0 Å². The molecule has 0 aromatic rings. The van der Waals surface area contributed by atoms with Gasteiger partial charge in [0.25, 0.3) is 0 Å². The van der Waals surface area contributed by atoms with E-state index in [9.17, 15) is 0 Å². The molecule has 0 bridgehead atoms. The van der Waals surface area contributed by atoms with Gasteiger partial charge in [-0.25, -0.2) is 0 Å². The van der Waals surface area contributed by atoms with E-state index in [-0.39, 0.29) is 0 Å². The second-order valence-corrected chi connectivity index (χ2v) is 67.5. The number of fused-ring (bicyclic) bond motifs is 28. The largest absolute Gasteiger partial charge is 0.0458 e. The van der Waals surface area contributed by atoms with E-state index >= 15 is 0 Å². The number of hydrogen-bond donors (Lipinski definition) is 0. The molecular weight excluding hydrogens is 1190 g/mol. The maximum atomic E-state index is 1.94. The summed E-state index contributed by atoms with van der Waals surface area (Å²) in [4.78, 5) is 0. The Bertz CT molecular complexity index is 7590. The Balaban J connectivity index is 0.624. The summed E-state index contributed by atoms with van der Waals surface area (Å²) in [5.74, 6) is 46.5. The van der Waals surface area contributed by atoms with Crippen LogP contribution < -0.4 is 0 Å². The Morgan fingerprint density at radius 3 is 0.343 bits per heavy atom. The Morgan fingerprint density at radius 2 is 0.192 bits per heavy atom. The van der Waals surface area contributed by atoms with Crippen LogP contribution in [0.4, 0.5) is 0 Å². The molecule has 0 heterocycles. The molecule has 0 saturated heterocycles. The fourth-order valence-electron chi connectivity index (χ4n) is 126. The van der Waals surface area contributed by atoms with Crippen molar-refractivity contribution in [2.75, 3.05) is 0 Å². The highest BCUT2D eigenvalue weighted by atomic mass is 15.9. The third kappa shape index (κ3) is 0.526. The van der Waals surface area contributed by atoms with Crippen LogP contribution in [0.15, 0.2) is 0 Å². The first-order chi connectivity index (χ1) is 49.3. The highest BCUT2D eigenvalue weighted by molar-refractivity contribution is 6.85. The molecule has 95 atom stereocenters. The van der Waals surface area contributed by atoms with E-state index in [4.69, 9.17) is 0 Å². The molecule has 99 heavy (non-hydrogen) atoms. The monoisotopic (exact) mass is 1230 g/mol. The molecule has 63 spiro atoms. The molecule has 0 amide bonds. The lowest BCUT2D eigenvalue weighted by molar-refractivity contribution is -1.30. The molecule has 80 rings (SSSR count). The van der Waals surface area contributed by atoms with Gasteiger partial charge in [-0.15, -0.1) is 0 Å². The van der Waals surface area contributed by atoms with E-state index in [1.54, 1.807) is 0 Å². The quantitative estimate of drug-likeness (QED) is 0.241. The second-order valence-electron chi connectivity index (χ2n) is 67.5. The van der Waals surface area contributed by atoms with Gasteiger partial charge in [-0.05, 0) is 556 Å². The van der Waals surface area contributed by atoms with Gasteiger partial charge < -0.3 is 0 Å². The molecule has 0 aliphatic heterocycles. The average molecular weight is 1230 g/mol. The van der Waals surface area contributed by atoms with Crippen LogP contribution in [-0.2, 0) is 0 Å². The summed E-state index contributed by atoms with van der Waals surface area (Å²) in [5, 5.41) is 0. The average Bonchev–Trinajstić information content (AvgIpc) is 0.392. The van der Waals surface area contributed by atoms with E-state index in [0.29, 0.717) is 0 Å². The SMILES string of the molecule is C1C2C3C4C5C6C7C8CC9C%10C%11C%12C%13[C@@H]%14C%15C%16C%17CC%18C%19C%20C%21C%22C%23C%24CC%25C%26C%27C%28C%29C%30C%31C%32C1C21C32C43C54C65C76C89C%107C%118C%129C%10%11C8%12C67C56C45C34C23C%321C%311C%302C78C13C41C53C6%12C%104C35C17C13C56C45C%114C%139[C@@]%147C%159C%16%10C%18%17C%19%11C%20%12C%21%13C%22%14C%23%15C%24%25C%26%16C%15%17C%14%15C%13%14C%12%13C%11%10C9%10C%139C%14%11C%15%12C%17%13C%27%16[C@@]%28%14C%292C81[C@]%13%14[C@@]%123C%116[C@@]95[C@@]%1047. The van der Waals surface area contributed by atoms with Gasteiger partial charge in [0.2, 0.25) is 0 Å². The Hall–Kier alpha value is 0. The third-order valence-electron chi connectivity index (χ3n) is 94.4. The van der Waals surface area contributed by atoms with Crippen molar-refractivity contribution in [1.82, 2.24) is 0 Å². The van der Waals surface area contributed by atoms with Gasteiger partial charge in [0, 0.05) is 0 Å². The Morgan fingerprint density at radius 1 is 0.0909 bits per heavy atom. The predicted molar refractivity (Wildman–Crippen MR) is 300 cm³/mol. The lowest BCUT2D eigenvalue weighted by atomic mass is 8.18. The van der Waals surface area contributed by atoms with Crippen LogP contribution in [0.5, 0.6) is 0 Å². The Kier molecular flexibility index (Phi) is 1.22. The van der Waals surface area contributed by atoms with Gasteiger partial charge in [-0.2, -0.15) is 0 Å². The van der Waals surface area contributed by atoms with E-state index < -0.39 is 0 Å². The summed E-state index contributed by atoms with van der Waals surface area (Å²) >= 11 is 0. The fraction of sp³-hybridized carbons (Fsp3) is 1.00. The molecule has 88 unspecified atom stereocenters. The smallest absolute Gasteiger partial charge is 0.000000411 e. The molecule has 80 fully saturated rings. The summed E-state index contributed by atoms with van der Waals surface area (Å²) in [7, 11) is 0. The minimum atomic E-state index is 1.12. The van der Waals surface area contributed by atoms with Crippen LogP contribution in [0.25, 0.3) is 0 Å². The van der Waals surface area contributed by atoms with Crippen LogP contribution in [0, 0.1) is 531 Å². The minimum Gasteiger partial charge on any atom is -0.0458 e. The maximum absolute atomic E-state index is 1.94. The van der Waals surface area contributed by atoms with Crippen molar-refractivity contribution in [2.24, 2.45) is 417 Å². The molecule has 0 nitrogen and oxygen atoms in total. The highest BCUT2D eigenvalue weighted by Gasteiger charge is 3.90. The van der Waals surface area contributed by atoms with Crippen molar-refractivity contribution in [3.63, 3.8) is 0 Å². The van der Waals surface area contributed by atoms with E-state index in [1.165, 1.54) is 357 Å². The summed E-state index contributed by atoms with van der Waals surface area (Å²) in [6.45, 7) is 0. The molecule has 0 radical (unpaired) electrons. The molecule has 80 saturated carbocycles. The molecule has 0 aromatic heterocycles. The zero-order valence-corrected chi connectivity index (χ0v) is 52.8. The zero-order valence-electron chi connectivity index (χ0n) is 52.8. The number of rotatable bonds is 0. The van der Waals surface area contributed by atoms with E-state index in [0.717, 1.165) is 173 Å². The predicted octanol–water partition coefficient (Wildman–Crippen LogP) is 7.20. The Labute approximate surface area is 552 Å². The first-order valence-electron chi connectivity index (χ1n) is 49.3. The highest BCUT2D eigenvalue weighted by Crippen LogP contribution is 3.94. The van der Waals surface area contributed by atoms with E-state index in [1.807, 2.05) is 25.7 Å². The molecule has 0 N–H and O–H groups in total. The standard InChI is InChI=1S/C99H40/c1-5-13-21-29-22-14-6-2-10-19-27-33-36-34-28-20-12-4-8-16-24-30-23-15-7-3-11-18-26-32-35-31-25-17-9(1)37(5)41(13)49(21)57(29)50(22)42(14)38(6,10)47(19)55(27)61(33)64(36)62(34)56(28)48(20)40(8,12)44(16)52(24)58(30)51(23)43(15)39(7,11)46(18)54(26)60(32)63(35)59(31)53(25)45(17,37)65(41)69(49)77(57)70(50)66(42,47)75(55)81(61)84(64)82(62)76(56)68(44,48)72(52)78(58)71(51)67(43,46)74(54)80(60)83(63)79(59)73(53,65)85(69)89(77)86(70,75)93(81)96(84)94(82)88(72,76)90(78)87(71,74)92(80)95(83)91(79,85)97(89,93)99(95,96)98(90,92)94/h5-36H,1-4H2/t5?,6?,7?,8?,9?,10?,11?,12?,13?,14?,15?,16?,17?,18?,19?,20?,21?,22?,23?,24?,25?,26?,27?,28?,29?,30?,31-,32?,33?,34?,35?,36?,37?,38?,39?,40?,41?,42?,43?,44?,45?,46?,47?,48?,49?,50?,51?,52?,53?,54?,55?,56?,57?,58?,59-,60?,61+,62?,63?,64?,65?,66?,67?,68?,69?,70?,71?,72?,73?,74?,75?,76?,77?,78?,79-,80?,81+,82?,83?,84?,85?,86?,87?,88?,89?,90?,91-,92?,93+,94?,95?,96?,97?,98?,99?/m0/s1. The van der Waals surface area contributed by atoms with Gasteiger partial charge in [-0.1, -0.05) is 0 Å². The topological polar surface area (TPSA) is 0 Å². The summed E-state index contributed by atoms with van der Waals surface area (Å²) < 4.78 is 0. The first kappa shape index (κ1) is 30.0. The molecule has 436 valence electrons. The molecule has 0 aromatic carbocycles. The lowest BCUT2D eigenvalue weighted by Crippen LogP contribution is -3.81. The summed E-state index contributed by atoms with van der Waals surface area (Å²) in [6.07, 6.45) is 7.77. The third-order valence-corrected chi connectivity index (χ3v) is 94.4. The molecule has 0 heteroatoms. The van der Waals surface area contributed by atoms with Gasteiger partial charge in [0.05, 0.1) is 0 Å². The second kappa shape index (κ2) is 4.04. The van der Waals surface area contributed by atoms with Crippen LogP contribution in [0.1, 0.15) is 25.7 Å². The van der Waals surface area contributed by atoms with Crippen molar-refractivity contribution in [2.45, 2.75) is 25.7 Å². The van der Waals surface area contributed by atoms with Crippen LogP contribution in [0.2, 0.25) is 0 Å². The summed E-state index contributed by atoms with van der Waals surface area (Å²) in [5.41, 5.74) is 73.1. The van der Waals surface area contributed by atoms with Crippen molar-refractivity contribution >= 4 is 0 Å². The molecule has 80 aliphatic carbocycles. The van der Waals surface area contributed by atoms with Crippen molar-refractivity contribution < 1.29 is 0 Å². The van der Waals surface area contributed by atoms with Crippen molar-refractivity contribution in [3.8, 4) is 0 Å². The number of hydrogen-bond acceptors (Lipinski definition) is 0. The van der Waals surface area contributed by atoms with Gasteiger partial charge >= 0.3 is 0 Å². The zero-order chi connectivity index (χ0) is 52.8. The normalized spacial score (nSPS) is 158. The lowest BCUT2D eigenvalue weighted by Gasteiger charge is -3.83. The van der Waals surface area contributed by atoms with Crippen LogP contribution >= 0.6 is 0 Å². The van der Waals surface area contributed by atoms with Gasteiger partial charge in [-0.3, -0.25) is 0 Å². The molecule has 80 aliphatic rings. The van der Waals surface area contributed by atoms with Gasteiger partial charge in [0.15, 0.2) is 0 Å². The fourth-order valence-corrected chi connectivity index (χ4v) is 126. The van der Waals surface area contributed by atoms with Crippen molar-refractivity contribution in [3.05, 3.63) is 114 Å². The van der Waals surface area contributed by atoms with Crippen molar-refractivity contribution in [1.29, 1.82) is 0 Å². The summed E-state index contributed by atoms with van der Waals surface area (Å²) in [6, 6.07) is 0. The van der Waals surface area contributed by atoms with Crippen LogP contribution in [-0.4, -0.2) is 0 Å².